The van der Waals surface area contributed by atoms with Gasteiger partial charge in [0.05, 0.1) is 16.8 Å². The lowest BCUT2D eigenvalue weighted by Crippen LogP contribution is -2.51. The molecule has 2 heterocycles. The highest BCUT2D eigenvalue weighted by Gasteiger charge is 2.64. The summed E-state index contributed by atoms with van der Waals surface area (Å²) in [5.74, 6) is -2.03. The number of nitrogens with one attached hydrogen (secondary N) is 2. The first-order chi connectivity index (χ1) is 23.3. The number of hydrogen-bond acceptors (Lipinski definition) is 7. The highest BCUT2D eigenvalue weighted by atomic mass is 79.9. The van der Waals surface area contributed by atoms with Gasteiger partial charge in [0.15, 0.2) is 11.4 Å². The van der Waals surface area contributed by atoms with Crippen molar-refractivity contribution < 1.29 is 46.2 Å². The fourth-order valence-corrected chi connectivity index (χ4v) is 6.21. The summed E-state index contributed by atoms with van der Waals surface area (Å²) in [6.07, 6.45) is -10.7. The third kappa shape index (κ3) is 7.40. The average Bonchev–Trinajstić information content (AvgIpc) is 3.54. The number of carboxylic acid groups (broad SMARTS) is 1. The lowest BCUT2D eigenvalue weighted by molar-refractivity contribution is -0.164. The van der Waals surface area contributed by atoms with Crippen molar-refractivity contribution in [3.8, 4) is 5.69 Å². The summed E-state index contributed by atoms with van der Waals surface area (Å²) < 4.78 is 75.2. The minimum Gasteiger partial charge on any atom is -0.465 e. The number of hydrogen-bond donors (Lipinski definition) is 3. The summed E-state index contributed by atoms with van der Waals surface area (Å²) in [7, 11) is 0. The zero-order valence-corrected chi connectivity index (χ0v) is 28.9. The SMILES string of the molecule is CC(C)(C)CC1(c2ccc(Br)cc2)N=C(NC(=O)O)N([C@H](COC(=O)NC2(C(F)(F)F)CC2)c2ccc(Cl)c(-n3ncnc3C(F)F)c2)C1=O. The molecule has 12 nitrogen and oxygen atoms in total. The summed E-state index contributed by atoms with van der Waals surface area (Å²) in [4.78, 5) is 48.9. The van der Waals surface area contributed by atoms with Gasteiger partial charge in [0.1, 0.15) is 18.5 Å². The van der Waals surface area contributed by atoms with Crippen LogP contribution in [0.1, 0.15) is 69.5 Å². The smallest absolute Gasteiger partial charge is 0.411 e. The van der Waals surface area contributed by atoms with Gasteiger partial charge in [-0.3, -0.25) is 15.0 Å². The highest BCUT2D eigenvalue weighted by molar-refractivity contribution is 9.10. The van der Waals surface area contributed by atoms with Gasteiger partial charge < -0.3 is 15.2 Å². The summed E-state index contributed by atoms with van der Waals surface area (Å²) in [5.41, 5.74) is -4.52. The van der Waals surface area contributed by atoms with E-state index in [1.807, 2.05) is 26.1 Å². The summed E-state index contributed by atoms with van der Waals surface area (Å²) in [6, 6.07) is 8.96. The molecule has 268 valence electrons. The van der Waals surface area contributed by atoms with Crippen LogP contribution >= 0.6 is 27.5 Å². The van der Waals surface area contributed by atoms with Crippen LogP contribution in [0.3, 0.4) is 0 Å². The first-order valence-electron chi connectivity index (χ1n) is 15.0. The van der Waals surface area contributed by atoms with Crippen LogP contribution in [0.2, 0.25) is 5.02 Å². The van der Waals surface area contributed by atoms with Gasteiger partial charge in [0, 0.05) is 4.47 Å². The molecule has 0 spiro atoms. The molecule has 0 saturated heterocycles. The summed E-state index contributed by atoms with van der Waals surface area (Å²) in [6.45, 7) is 4.68. The topological polar surface area (TPSA) is 151 Å². The lowest BCUT2D eigenvalue weighted by atomic mass is 9.75. The number of carbonyl (C=O) groups is 3. The van der Waals surface area contributed by atoms with E-state index in [1.54, 1.807) is 24.3 Å². The molecule has 2 aliphatic rings. The van der Waals surface area contributed by atoms with E-state index >= 15 is 0 Å². The van der Waals surface area contributed by atoms with E-state index in [-0.39, 0.29) is 35.5 Å². The number of rotatable bonds is 9. The van der Waals surface area contributed by atoms with Gasteiger partial charge in [0.2, 0.25) is 5.96 Å². The van der Waals surface area contributed by atoms with E-state index in [2.05, 4.69) is 36.3 Å². The molecule has 5 rings (SSSR count). The van der Waals surface area contributed by atoms with Crippen molar-refractivity contribution in [2.45, 2.75) is 69.8 Å². The molecule has 3 aromatic rings. The van der Waals surface area contributed by atoms with Gasteiger partial charge in [-0.15, -0.1) is 0 Å². The van der Waals surface area contributed by atoms with Gasteiger partial charge in [-0.1, -0.05) is 66.5 Å². The van der Waals surface area contributed by atoms with Crippen molar-refractivity contribution in [3.05, 3.63) is 75.2 Å². The number of alkyl halides is 5. The number of benzene rings is 2. The second-order valence-corrected chi connectivity index (χ2v) is 14.3. The van der Waals surface area contributed by atoms with Crippen LogP contribution < -0.4 is 10.6 Å². The van der Waals surface area contributed by atoms with Crippen LogP contribution in [0.4, 0.5) is 31.5 Å². The fourth-order valence-electron chi connectivity index (χ4n) is 5.74. The first-order valence-corrected chi connectivity index (χ1v) is 16.1. The monoisotopic (exact) mass is 789 g/mol. The average molecular weight is 791 g/mol. The van der Waals surface area contributed by atoms with Crippen LogP contribution in [0.25, 0.3) is 5.69 Å². The number of amides is 3. The van der Waals surface area contributed by atoms with E-state index in [0.717, 1.165) is 15.9 Å². The maximum atomic E-state index is 14.8. The molecular weight excluding hydrogens is 761 g/mol. The Labute approximate surface area is 295 Å². The number of alkyl carbamates (subject to hydrolysis) is 1. The molecule has 3 amide bonds. The highest BCUT2D eigenvalue weighted by Crippen LogP contribution is 2.49. The Hall–Kier alpha value is -4.32. The molecule has 1 fully saturated rings. The van der Waals surface area contributed by atoms with Crippen LogP contribution in [-0.2, 0) is 15.1 Å². The molecule has 19 heteroatoms. The summed E-state index contributed by atoms with van der Waals surface area (Å²) >= 11 is 9.74. The molecule has 3 N–H and O–H groups in total. The Morgan fingerprint density at radius 3 is 2.34 bits per heavy atom. The normalized spacial score (nSPS) is 19.3. The van der Waals surface area contributed by atoms with Crippen molar-refractivity contribution in [2.75, 3.05) is 6.61 Å². The van der Waals surface area contributed by atoms with Crippen LogP contribution in [0.15, 0.2) is 58.3 Å². The Morgan fingerprint density at radius 2 is 1.78 bits per heavy atom. The molecule has 2 aromatic carbocycles. The molecular formula is C31H30BrClF5N7O5. The van der Waals surface area contributed by atoms with E-state index in [9.17, 15) is 41.4 Å². The Balaban J connectivity index is 1.64. The number of nitrogens with zero attached hydrogens (tertiary/aromatic N) is 5. The minimum atomic E-state index is -4.76. The molecule has 50 heavy (non-hydrogen) atoms. The second kappa shape index (κ2) is 13.4. The minimum absolute atomic E-state index is 0.0421. The van der Waals surface area contributed by atoms with E-state index in [1.165, 1.54) is 18.2 Å². The molecule has 0 radical (unpaired) electrons. The van der Waals surface area contributed by atoms with Crippen molar-refractivity contribution in [1.29, 1.82) is 0 Å². The van der Waals surface area contributed by atoms with Crippen molar-refractivity contribution in [1.82, 2.24) is 30.3 Å². The third-order valence-corrected chi connectivity index (χ3v) is 8.94. The number of ether oxygens (including phenoxy) is 1. The summed E-state index contributed by atoms with van der Waals surface area (Å²) in [5, 5.41) is 17.5. The largest absolute Gasteiger partial charge is 0.465 e. The van der Waals surface area contributed by atoms with Gasteiger partial charge >= 0.3 is 18.4 Å². The van der Waals surface area contributed by atoms with Crippen molar-refractivity contribution in [2.24, 2.45) is 10.4 Å². The van der Waals surface area contributed by atoms with E-state index in [4.69, 9.17) is 16.3 Å². The van der Waals surface area contributed by atoms with Gasteiger partial charge in [-0.25, -0.2) is 33.0 Å². The molecule has 1 unspecified atom stereocenters. The molecule has 2 atom stereocenters. The predicted molar refractivity (Wildman–Crippen MR) is 172 cm³/mol. The van der Waals surface area contributed by atoms with Gasteiger partial charge in [0.25, 0.3) is 12.3 Å². The van der Waals surface area contributed by atoms with E-state index < -0.39 is 71.6 Å². The molecule has 1 aliphatic carbocycles. The standard InChI is InChI=1S/C31H30BrClF5N7O5/c1-28(2,3)14-30(17-5-7-18(32)8-6-17)24(46)44(25(42-30)41-26(47)48)21(13-50-27(49)43-29(10-11-29)31(36,37)38)16-4-9-19(33)20(12-16)45-23(22(34)35)39-15-40-45/h4-9,12,15,21-22H,10-11,13-14H2,1-3H3,(H,41,42)(H,43,49)(H,47,48)/t21-,30?/m1/s1. The molecule has 0 bridgehead atoms. The Morgan fingerprint density at radius 1 is 1.12 bits per heavy atom. The van der Waals surface area contributed by atoms with Gasteiger partial charge in [-0.2, -0.15) is 18.3 Å². The zero-order valence-electron chi connectivity index (χ0n) is 26.6. The number of guanidine groups is 1. The number of aliphatic imine (C=N–C) groups is 1. The van der Waals surface area contributed by atoms with Gasteiger partial charge in [-0.05, 0) is 60.1 Å². The zero-order chi connectivity index (χ0) is 36.8. The number of halogens is 7. The van der Waals surface area contributed by atoms with Crippen LogP contribution in [0, 0.1) is 5.41 Å². The number of carbonyl (C=O) groups excluding carboxylic acids is 2. The quantitative estimate of drug-likeness (QED) is 0.193. The van der Waals surface area contributed by atoms with Crippen LogP contribution in [0.5, 0.6) is 0 Å². The lowest BCUT2D eigenvalue weighted by Gasteiger charge is -2.35. The molecule has 1 aromatic heterocycles. The van der Waals surface area contributed by atoms with Crippen molar-refractivity contribution in [3.63, 3.8) is 0 Å². The Kier molecular flexibility index (Phi) is 9.92. The molecule has 1 saturated carbocycles. The fraction of sp³-hybridized carbons (Fsp3) is 0.419. The first kappa shape index (κ1) is 36.9. The Bertz CT molecular complexity index is 1830. The van der Waals surface area contributed by atoms with Crippen molar-refractivity contribution >= 4 is 51.6 Å². The third-order valence-electron chi connectivity index (χ3n) is 8.09. The van der Waals surface area contributed by atoms with E-state index in [0.29, 0.717) is 10.0 Å². The number of aromatic nitrogens is 3. The molecule has 1 aliphatic heterocycles. The maximum Gasteiger partial charge on any atom is 0.411 e. The predicted octanol–water partition coefficient (Wildman–Crippen LogP) is 7.28. The maximum absolute atomic E-state index is 14.8. The van der Waals surface area contributed by atoms with Crippen LogP contribution in [-0.4, -0.2) is 67.1 Å². The second-order valence-electron chi connectivity index (χ2n) is 13.0.